The molecule has 2 atom stereocenters. The predicted molar refractivity (Wildman–Crippen MR) is 163 cm³/mol. The maximum absolute atomic E-state index is 13.9. The first-order valence-corrected chi connectivity index (χ1v) is 16.2. The molecule has 0 saturated heterocycles. The van der Waals surface area contributed by atoms with E-state index in [0.717, 1.165) is 18.2 Å². The van der Waals surface area contributed by atoms with E-state index in [1.807, 2.05) is 44.2 Å². The molecule has 2 amide bonds. The summed E-state index contributed by atoms with van der Waals surface area (Å²) in [5.41, 5.74) is 1.95. The second-order valence-corrected chi connectivity index (χ2v) is 12.6. The van der Waals surface area contributed by atoms with Gasteiger partial charge in [-0.05, 0) is 55.2 Å². The van der Waals surface area contributed by atoms with E-state index in [1.54, 1.807) is 30.3 Å². The van der Waals surface area contributed by atoms with E-state index in [4.69, 9.17) is 9.47 Å². The molecular weight excluding hydrogens is 573 g/mol. The van der Waals surface area contributed by atoms with Crippen LogP contribution in [0.4, 0.5) is 10.1 Å². The molecule has 9 nitrogen and oxygen atoms in total. The second kappa shape index (κ2) is 14.4. The number of ether oxygens (including phenoxy) is 2. The zero-order valence-corrected chi connectivity index (χ0v) is 25.5. The van der Waals surface area contributed by atoms with Crippen molar-refractivity contribution < 1.29 is 31.9 Å². The third kappa shape index (κ3) is 8.70. The lowest BCUT2D eigenvalue weighted by Gasteiger charge is -2.32. The Balaban J connectivity index is 1.58. The summed E-state index contributed by atoms with van der Waals surface area (Å²) in [5.74, 6) is -0.0236. The molecule has 4 rings (SSSR count). The van der Waals surface area contributed by atoms with Gasteiger partial charge < -0.3 is 19.7 Å². The average molecular weight is 612 g/mol. The number of nitrogens with zero attached hydrogens (tertiary/aromatic N) is 2. The monoisotopic (exact) mass is 611 g/mol. The molecule has 3 aromatic rings. The number of anilines is 1. The highest BCUT2D eigenvalue weighted by Gasteiger charge is 2.31. The highest BCUT2D eigenvalue weighted by molar-refractivity contribution is 7.92. The van der Waals surface area contributed by atoms with Crippen molar-refractivity contribution in [3.63, 3.8) is 0 Å². The Bertz CT molecular complexity index is 1500. The first-order valence-electron chi connectivity index (χ1n) is 14.3. The lowest BCUT2D eigenvalue weighted by molar-refractivity contribution is -0.141. The third-order valence-corrected chi connectivity index (χ3v) is 8.53. The summed E-state index contributed by atoms with van der Waals surface area (Å²) in [6, 6.07) is 19.2. The first-order chi connectivity index (χ1) is 20.5. The molecule has 0 aliphatic carbocycles. The SMILES string of the molecule is CC[C@@H](C)NC(=O)[C@@H](Cc1ccccc1)N(Cc1ccc(F)cc1)C(=O)CCCN(c1ccc2c(c1)OCO2)S(C)(=O)=O. The molecule has 0 bridgehead atoms. The minimum atomic E-state index is -3.68. The molecule has 0 spiro atoms. The van der Waals surface area contributed by atoms with E-state index in [-0.39, 0.29) is 57.0 Å². The Kier molecular flexibility index (Phi) is 10.6. The molecule has 1 heterocycles. The van der Waals surface area contributed by atoms with Gasteiger partial charge >= 0.3 is 0 Å². The zero-order chi connectivity index (χ0) is 31.0. The zero-order valence-electron chi connectivity index (χ0n) is 24.7. The molecule has 230 valence electrons. The molecule has 0 aromatic heterocycles. The van der Waals surface area contributed by atoms with Gasteiger partial charge in [-0.1, -0.05) is 49.4 Å². The fraction of sp³-hybridized carbons (Fsp3) is 0.375. The van der Waals surface area contributed by atoms with Crippen LogP contribution >= 0.6 is 0 Å². The summed E-state index contributed by atoms with van der Waals surface area (Å²) in [6.45, 7) is 4.05. The highest BCUT2D eigenvalue weighted by Crippen LogP contribution is 2.36. The van der Waals surface area contributed by atoms with Crippen LogP contribution in [0.1, 0.15) is 44.2 Å². The van der Waals surface area contributed by atoms with Crippen LogP contribution in [0.2, 0.25) is 0 Å². The molecular formula is C32H38FN3O6S. The topological polar surface area (TPSA) is 105 Å². The van der Waals surface area contributed by atoms with E-state index < -0.39 is 21.9 Å². The lowest BCUT2D eigenvalue weighted by Crippen LogP contribution is -2.52. The Morgan fingerprint density at radius 2 is 1.67 bits per heavy atom. The molecule has 1 aliphatic rings. The van der Waals surface area contributed by atoms with E-state index in [0.29, 0.717) is 22.7 Å². The van der Waals surface area contributed by atoms with Crippen LogP contribution in [0.5, 0.6) is 11.5 Å². The molecule has 1 N–H and O–H groups in total. The fourth-order valence-corrected chi connectivity index (χ4v) is 5.78. The number of nitrogens with one attached hydrogen (secondary N) is 1. The molecule has 0 unspecified atom stereocenters. The van der Waals surface area contributed by atoms with Crippen LogP contribution in [-0.2, 0) is 32.6 Å². The van der Waals surface area contributed by atoms with Gasteiger partial charge in [-0.3, -0.25) is 13.9 Å². The van der Waals surface area contributed by atoms with Gasteiger partial charge in [0.1, 0.15) is 11.9 Å². The number of hydrogen-bond donors (Lipinski definition) is 1. The van der Waals surface area contributed by atoms with E-state index in [1.165, 1.54) is 21.3 Å². The summed E-state index contributed by atoms with van der Waals surface area (Å²) in [4.78, 5) is 29.0. The highest BCUT2D eigenvalue weighted by atomic mass is 32.2. The second-order valence-electron chi connectivity index (χ2n) is 10.6. The normalized spacial score (nSPS) is 13.7. The Labute approximate surface area is 252 Å². The number of benzene rings is 3. The van der Waals surface area contributed by atoms with Crippen molar-refractivity contribution in [2.24, 2.45) is 0 Å². The van der Waals surface area contributed by atoms with Crippen molar-refractivity contribution in [3.8, 4) is 11.5 Å². The summed E-state index contributed by atoms with van der Waals surface area (Å²) in [6.07, 6.45) is 2.29. The minimum absolute atomic E-state index is 0.0142. The van der Waals surface area contributed by atoms with Crippen molar-refractivity contribution in [1.82, 2.24) is 10.2 Å². The number of sulfonamides is 1. The Hall–Kier alpha value is -4.12. The van der Waals surface area contributed by atoms with Crippen LogP contribution in [-0.4, -0.2) is 56.8 Å². The number of halogens is 1. The van der Waals surface area contributed by atoms with E-state index >= 15 is 0 Å². The van der Waals surface area contributed by atoms with Crippen LogP contribution < -0.4 is 19.1 Å². The van der Waals surface area contributed by atoms with Gasteiger partial charge in [0.15, 0.2) is 11.5 Å². The average Bonchev–Trinajstić information content (AvgIpc) is 3.46. The molecule has 0 fully saturated rings. The van der Waals surface area contributed by atoms with Gasteiger partial charge in [0.25, 0.3) is 0 Å². The number of carbonyl (C=O) groups is 2. The molecule has 0 radical (unpaired) electrons. The van der Waals surface area contributed by atoms with Gasteiger partial charge in [-0.15, -0.1) is 0 Å². The standard InChI is InChI=1S/C32H38FN3O6S/c1-4-23(2)34-32(38)28(19-24-9-6-5-7-10-24)35(21-25-12-14-26(33)15-13-25)31(37)11-8-18-36(43(3,39)40)27-16-17-29-30(20-27)42-22-41-29/h5-7,9-10,12-17,20,23,28H,4,8,11,18-19,21-22H2,1-3H3,(H,34,38)/t23-,28-/m1/s1. The fourth-order valence-electron chi connectivity index (χ4n) is 4.83. The number of carbonyl (C=O) groups excluding carboxylic acids is 2. The molecule has 43 heavy (non-hydrogen) atoms. The van der Waals surface area contributed by atoms with Gasteiger partial charge in [-0.2, -0.15) is 0 Å². The predicted octanol–water partition coefficient (Wildman–Crippen LogP) is 4.66. The van der Waals surface area contributed by atoms with Gasteiger partial charge in [-0.25, -0.2) is 12.8 Å². The summed E-state index contributed by atoms with van der Waals surface area (Å²) < 4.78 is 51.1. The summed E-state index contributed by atoms with van der Waals surface area (Å²) >= 11 is 0. The van der Waals surface area contributed by atoms with Crippen molar-refractivity contribution in [2.75, 3.05) is 23.9 Å². The van der Waals surface area contributed by atoms with Crippen molar-refractivity contribution in [3.05, 3.63) is 89.7 Å². The third-order valence-electron chi connectivity index (χ3n) is 7.33. The Morgan fingerprint density at radius 1 is 0.977 bits per heavy atom. The summed E-state index contributed by atoms with van der Waals surface area (Å²) in [7, 11) is -3.68. The minimum Gasteiger partial charge on any atom is -0.454 e. The molecule has 11 heteroatoms. The van der Waals surface area contributed by atoms with Crippen LogP contribution in [0.3, 0.4) is 0 Å². The quantitative estimate of drug-likeness (QED) is 0.285. The van der Waals surface area contributed by atoms with Gasteiger partial charge in [0.2, 0.25) is 28.6 Å². The number of fused-ring (bicyclic) bond motifs is 1. The van der Waals surface area contributed by atoms with E-state index in [2.05, 4.69) is 5.32 Å². The van der Waals surface area contributed by atoms with Gasteiger partial charge in [0, 0.05) is 38.0 Å². The number of amides is 2. The van der Waals surface area contributed by atoms with Crippen LogP contribution in [0.25, 0.3) is 0 Å². The van der Waals surface area contributed by atoms with E-state index in [9.17, 15) is 22.4 Å². The van der Waals surface area contributed by atoms with Crippen molar-refractivity contribution in [2.45, 2.75) is 58.2 Å². The lowest BCUT2D eigenvalue weighted by atomic mass is 10.0. The van der Waals surface area contributed by atoms with Crippen LogP contribution in [0.15, 0.2) is 72.8 Å². The maximum atomic E-state index is 13.9. The Morgan fingerprint density at radius 3 is 2.35 bits per heavy atom. The van der Waals surface area contributed by atoms with Crippen molar-refractivity contribution in [1.29, 1.82) is 0 Å². The van der Waals surface area contributed by atoms with Crippen LogP contribution in [0, 0.1) is 5.82 Å². The number of hydrogen-bond acceptors (Lipinski definition) is 6. The number of rotatable bonds is 14. The van der Waals surface area contributed by atoms with Crippen molar-refractivity contribution >= 4 is 27.5 Å². The van der Waals surface area contributed by atoms with Gasteiger partial charge in [0.05, 0.1) is 11.9 Å². The smallest absolute Gasteiger partial charge is 0.243 e. The molecule has 0 saturated carbocycles. The molecule has 1 aliphatic heterocycles. The maximum Gasteiger partial charge on any atom is 0.243 e. The molecule has 3 aromatic carbocycles. The first kappa shape index (κ1) is 31.8. The summed E-state index contributed by atoms with van der Waals surface area (Å²) in [5, 5.41) is 3.01. The largest absolute Gasteiger partial charge is 0.454 e.